The second-order valence-electron chi connectivity index (χ2n) is 4.36. The molecule has 1 aliphatic carbocycles. The van der Waals surface area contributed by atoms with Crippen molar-refractivity contribution in [2.75, 3.05) is 6.61 Å². The molecule has 0 unspecified atom stereocenters. The fourth-order valence-corrected chi connectivity index (χ4v) is 2.04. The van der Waals surface area contributed by atoms with E-state index in [-0.39, 0.29) is 5.97 Å². The third-order valence-electron chi connectivity index (χ3n) is 3.39. The van der Waals surface area contributed by atoms with Gasteiger partial charge < -0.3 is 9.30 Å². The number of ether oxygens (including phenoxy) is 1. The van der Waals surface area contributed by atoms with Crippen LogP contribution in [-0.4, -0.2) is 22.1 Å². The zero-order valence-corrected chi connectivity index (χ0v) is 9.85. The summed E-state index contributed by atoms with van der Waals surface area (Å²) >= 11 is 0. The lowest BCUT2D eigenvalue weighted by Gasteiger charge is -2.31. The van der Waals surface area contributed by atoms with Crippen molar-refractivity contribution < 1.29 is 9.53 Å². The topological polar surface area (TPSA) is 44.1 Å². The smallest absolute Gasteiger partial charge is 0.358 e. The van der Waals surface area contributed by atoms with E-state index in [1.165, 1.54) is 19.3 Å². The van der Waals surface area contributed by atoms with Crippen LogP contribution in [-0.2, 0) is 4.74 Å². The summed E-state index contributed by atoms with van der Waals surface area (Å²) in [5.41, 5.74) is 0.410. The van der Waals surface area contributed by atoms with Gasteiger partial charge in [-0.25, -0.2) is 9.78 Å². The second kappa shape index (κ2) is 4.68. The molecule has 0 aliphatic heterocycles. The lowest BCUT2D eigenvalue weighted by Crippen LogP contribution is -2.22. The van der Waals surface area contributed by atoms with Crippen LogP contribution in [0.15, 0.2) is 12.5 Å². The van der Waals surface area contributed by atoms with Crippen LogP contribution in [0, 0.1) is 5.92 Å². The molecule has 0 radical (unpaired) electrons. The van der Waals surface area contributed by atoms with Gasteiger partial charge in [0, 0.05) is 12.2 Å². The molecule has 4 nitrogen and oxygen atoms in total. The van der Waals surface area contributed by atoms with Crippen LogP contribution in [0.1, 0.15) is 49.6 Å². The zero-order valence-electron chi connectivity index (χ0n) is 9.85. The van der Waals surface area contributed by atoms with Crippen molar-refractivity contribution in [2.24, 2.45) is 5.92 Å². The molecule has 1 aliphatic rings. The van der Waals surface area contributed by atoms with E-state index in [9.17, 15) is 4.79 Å². The Labute approximate surface area is 95.6 Å². The molecule has 2 rings (SSSR count). The average molecular weight is 222 g/mol. The Bertz CT molecular complexity index is 369. The molecule has 0 bridgehead atoms. The molecule has 0 N–H and O–H groups in total. The van der Waals surface area contributed by atoms with Crippen LogP contribution in [0.5, 0.6) is 0 Å². The van der Waals surface area contributed by atoms with E-state index in [0.29, 0.717) is 18.3 Å². The maximum atomic E-state index is 11.4. The van der Waals surface area contributed by atoms with Crippen molar-refractivity contribution in [3.63, 3.8) is 0 Å². The first-order valence-corrected chi connectivity index (χ1v) is 5.93. The van der Waals surface area contributed by atoms with Crippen molar-refractivity contribution in [2.45, 2.75) is 39.2 Å². The first kappa shape index (κ1) is 11.2. The number of esters is 1. The Balaban J connectivity index is 2.03. The normalized spacial score (nSPS) is 17.9. The predicted octanol–water partition coefficient (Wildman–Crippen LogP) is 2.42. The molecule has 1 aromatic heterocycles. The second-order valence-corrected chi connectivity index (χ2v) is 4.36. The fourth-order valence-electron chi connectivity index (χ4n) is 2.04. The summed E-state index contributed by atoms with van der Waals surface area (Å²) in [5.74, 6) is 0.409. The molecular formula is C12H18N2O2. The number of imidazole rings is 1. The Morgan fingerprint density at radius 1 is 1.69 bits per heavy atom. The van der Waals surface area contributed by atoms with Crippen molar-refractivity contribution >= 4 is 5.97 Å². The third kappa shape index (κ3) is 2.10. The summed E-state index contributed by atoms with van der Waals surface area (Å²) in [4.78, 5) is 15.5. The maximum absolute atomic E-state index is 11.4. The molecule has 4 heteroatoms. The Morgan fingerprint density at radius 2 is 2.44 bits per heavy atom. The molecule has 1 fully saturated rings. The highest BCUT2D eigenvalue weighted by molar-refractivity contribution is 5.86. The first-order chi connectivity index (χ1) is 7.72. The molecule has 0 amide bonds. The monoisotopic (exact) mass is 222 g/mol. The molecule has 0 spiro atoms. The van der Waals surface area contributed by atoms with Crippen LogP contribution < -0.4 is 0 Å². The number of hydrogen-bond acceptors (Lipinski definition) is 3. The molecule has 16 heavy (non-hydrogen) atoms. The van der Waals surface area contributed by atoms with Gasteiger partial charge in [-0.2, -0.15) is 0 Å². The fraction of sp³-hybridized carbons (Fsp3) is 0.667. The largest absolute Gasteiger partial charge is 0.461 e. The molecular weight excluding hydrogens is 204 g/mol. The summed E-state index contributed by atoms with van der Waals surface area (Å²) in [5, 5.41) is 0. The minimum Gasteiger partial charge on any atom is -0.461 e. The van der Waals surface area contributed by atoms with Gasteiger partial charge in [-0.15, -0.1) is 0 Å². The molecule has 1 saturated carbocycles. The Kier molecular flexibility index (Phi) is 3.27. The van der Waals surface area contributed by atoms with Gasteiger partial charge in [0.25, 0.3) is 0 Å². The summed E-state index contributed by atoms with van der Waals surface area (Å²) in [6, 6.07) is 0.435. The van der Waals surface area contributed by atoms with Gasteiger partial charge in [0.15, 0.2) is 5.69 Å². The van der Waals surface area contributed by atoms with E-state index >= 15 is 0 Å². The highest BCUT2D eigenvalue weighted by Gasteiger charge is 2.25. The van der Waals surface area contributed by atoms with Crippen molar-refractivity contribution in [1.82, 2.24) is 9.55 Å². The molecule has 1 atom stereocenters. The van der Waals surface area contributed by atoms with Crippen LogP contribution in [0.3, 0.4) is 0 Å². The zero-order chi connectivity index (χ0) is 11.5. The SMILES string of the molecule is CCOC(=O)c1cn([C@H](C)C2CCC2)cn1. The van der Waals surface area contributed by atoms with Crippen LogP contribution >= 0.6 is 0 Å². The molecule has 88 valence electrons. The van der Waals surface area contributed by atoms with Crippen molar-refractivity contribution in [1.29, 1.82) is 0 Å². The minimum absolute atomic E-state index is 0.331. The van der Waals surface area contributed by atoms with E-state index in [0.717, 1.165) is 5.92 Å². The average Bonchev–Trinajstić information content (AvgIpc) is 2.63. The van der Waals surface area contributed by atoms with Gasteiger partial charge >= 0.3 is 5.97 Å². The van der Waals surface area contributed by atoms with Crippen LogP contribution in [0.4, 0.5) is 0 Å². The van der Waals surface area contributed by atoms with Gasteiger partial charge in [0.1, 0.15) is 0 Å². The third-order valence-corrected chi connectivity index (χ3v) is 3.39. The minimum atomic E-state index is -0.331. The van der Waals surface area contributed by atoms with Gasteiger partial charge in [0.05, 0.1) is 12.9 Å². The number of hydrogen-bond donors (Lipinski definition) is 0. The van der Waals surface area contributed by atoms with Crippen molar-refractivity contribution in [3.05, 3.63) is 18.2 Å². The first-order valence-electron chi connectivity index (χ1n) is 5.93. The summed E-state index contributed by atoms with van der Waals surface area (Å²) < 4.78 is 6.93. The highest BCUT2D eigenvalue weighted by atomic mass is 16.5. The van der Waals surface area contributed by atoms with Gasteiger partial charge in [-0.1, -0.05) is 6.42 Å². The molecule has 0 saturated heterocycles. The number of carbonyl (C=O) groups is 1. The molecule has 1 aromatic rings. The number of aromatic nitrogens is 2. The summed E-state index contributed by atoms with van der Waals surface area (Å²) in [7, 11) is 0. The van der Waals surface area contributed by atoms with Gasteiger partial charge in [0.2, 0.25) is 0 Å². The van der Waals surface area contributed by atoms with Crippen LogP contribution in [0.2, 0.25) is 0 Å². The van der Waals surface area contributed by atoms with Crippen molar-refractivity contribution in [3.8, 4) is 0 Å². The molecule has 1 heterocycles. The van der Waals surface area contributed by atoms with E-state index < -0.39 is 0 Å². The quantitative estimate of drug-likeness (QED) is 0.735. The Morgan fingerprint density at radius 3 is 3.00 bits per heavy atom. The Hall–Kier alpha value is -1.32. The van der Waals surface area contributed by atoms with E-state index in [1.54, 1.807) is 19.4 Å². The standard InChI is InChI=1S/C12H18N2O2/c1-3-16-12(15)11-7-14(8-13-11)9(2)10-5-4-6-10/h7-10H,3-6H2,1-2H3/t9-/m1/s1. The maximum Gasteiger partial charge on any atom is 0.358 e. The highest BCUT2D eigenvalue weighted by Crippen LogP contribution is 2.35. The van der Waals surface area contributed by atoms with Gasteiger partial charge in [-0.3, -0.25) is 0 Å². The van der Waals surface area contributed by atoms with Crippen LogP contribution in [0.25, 0.3) is 0 Å². The summed E-state index contributed by atoms with van der Waals surface area (Å²) in [6.45, 7) is 4.37. The van der Waals surface area contributed by atoms with Gasteiger partial charge in [-0.05, 0) is 32.6 Å². The number of rotatable bonds is 4. The van der Waals surface area contributed by atoms with E-state index in [4.69, 9.17) is 4.74 Å². The van der Waals surface area contributed by atoms with E-state index in [2.05, 4.69) is 11.9 Å². The predicted molar refractivity (Wildman–Crippen MR) is 60.2 cm³/mol. The lowest BCUT2D eigenvalue weighted by molar-refractivity contribution is 0.0520. The lowest BCUT2D eigenvalue weighted by atomic mass is 9.80. The summed E-state index contributed by atoms with van der Waals surface area (Å²) in [6.07, 6.45) is 7.42. The number of carbonyl (C=O) groups excluding carboxylic acids is 1. The molecule has 0 aromatic carbocycles. The van der Waals surface area contributed by atoms with E-state index in [1.807, 2.05) is 4.57 Å². The number of nitrogens with zero attached hydrogens (tertiary/aromatic N) is 2.